The highest BCUT2D eigenvalue weighted by atomic mass is 32.1. The summed E-state index contributed by atoms with van der Waals surface area (Å²) in [7, 11) is 0. The summed E-state index contributed by atoms with van der Waals surface area (Å²) in [6, 6.07) is 11.1. The number of aromatic nitrogens is 4. The normalized spacial score (nSPS) is 11.5. The summed E-state index contributed by atoms with van der Waals surface area (Å²) >= 11 is 1.22. The Morgan fingerprint density at radius 1 is 1.32 bits per heavy atom. The van der Waals surface area contributed by atoms with Gasteiger partial charge in [-0.05, 0) is 30.5 Å². The number of hydrogen-bond acceptors (Lipinski definition) is 8. The lowest BCUT2D eigenvalue weighted by Crippen LogP contribution is -2.31. The van der Waals surface area contributed by atoms with Gasteiger partial charge in [0.2, 0.25) is 5.82 Å². The van der Waals surface area contributed by atoms with Gasteiger partial charge in [0.25, 0.3) is 5.91 Å². The van der Waals surface area contributed by atoms with Crippen molar-refractivity contribution in [1.82, 2.24) is 20.2 Å². The van der Waals surface area contributed by atoms with Crippen LogP contribution in [0.3, 0.4) is 0 Å². The standard InChI is InChI=1S/C18H16N6O3S/c1-11-3-5-13(6-4-11)16-21-23-24(22-16)10-15(25)27-12(2)17(26)20-18-14(9-19)7-8-28-18/h3-8,12H,10H2,1-2H3,(H,20,26)/t12-/m0/s1. The first kappa shape index (κ1) is 19.2. The fourth-order valence-electron chi connectivity index (χ4n) is 2.24. The number of thiophene rings is 1. The number of hydrogen-bond donors (Lipinski definition) is 1. The Morgan fingerprint density at radius 3 is 2.79 bits per heavy atom. The zero-order chi connectivity index (χ0) is 20.1. The molecule has 3 aromatic rings. The third kappa shape index (κ3) is 4.57. The Morgan fingerprint density at radius 2 is 2.07 bits per heavy atom. The monoisotopic (exact) mass is 396 g/mol. The van der Waals surface area contributed by atoms with Crippen molar-refractivity contribution in [3.8, 4) is 17.5 Å². The lowest BCUT2D eigenvalue weighted by atomic mass is 10.1. The maximum Gasteiger partial charge on any atom is 0.330 e. The second-order valence-corrected chi connectivity index (χ2v) is 6.82. The van der Waals surface area contributed by atoms with Gasteiger partial charge in [-0.2, -0.15) is 10.1 Å². The van der Waals surface area contributed by atoms with Gasteiger partial charge in [0.15, 0.2) is 12.6 Å². The number of ether oxygens (including phenoxy) is 1. The summed E-state index contributed by atoms with van der Waals surface area (Å²) in [5.41, 5.74) is 2.24. The van der Waals surface area contributed by atoms with E-state index in [0.717, 1.165) is 15.9 Å². The Balaban J connectivity index is 1.56. The van der Waals surface area contributed by atoms with Gasteiger partial charge in [-0.25, -0.2) is 4.79 Å². The molecule has 0 aliphatic rings. The second-order valence-electron chi connectivity index (χ2n) is 5.91. The third-order valence-electron chi connectivity index (χ3n) is 3.73. The van der Waals surface area contributed by atoms with E-state index >= 15 is 0 Å². The Hall–Kier alpha value is -3.58. The highest BCUT2D eigenvalue weighted by Crippen LogP contribution is 2.22. The van der Waals surface area contributed by atoms with Gasteiger partial charge in [-0.15, -0.1) is 21.5 Å². The van der Waals surface area contributed by atoms with Crippen molar-refractivity contribution < 1.29 is 14.3 Å². The van der Waals surface area contributed by atoms with E-state index in [1.165, 1.54) is 18.3 Å². The maximum absolute atomic E-state index is 12.1. The topological polar surface area (TPSA) is 123 Å². The van der Waals surface area contributed by atoms with Gasteiger partial charge < -0.3 is 10.1 Å². The summed E-state index contributed by atoms with van der Waals surface area (Å²) in [6.45, 7) is 3.14. The fraction of sp³-hybridized carbons (Fsp3) is 0.222. The molecule has 1 N–H and O–H groups in total. The Kier molecular flexibility index (Phi) is 5.76. The first-order chi connectivity index (χ1) is 13.5. The average molecular weight is 396 g/mol. The van der Waals surface area contributed by atoms with E-state index in [4.69, 9.17) is 10.00 Å². The van der Waals surface area contributed by atoms with Crippen molar-refractivity contribution in [3.63, 3.8) is 0 Å². The number of esters is 1. The van der Waals surface area contributed by atoms with E-state index in [-0.39, 0.29) is 6.54 Å². The minimum absolute atomic E-state index is 0.279. The number of nitriles is 1. The van der Waals surface area contributed by atoms with Crippen LogP contribution in [-0.4, -0.2) is 38.2 Å². The molecule has 0 aliphatic heterocycles. The number of benzene rings is 1. The number of rotatable bonds is 6. The average Bonchev–Trinajstić information content (AvgIpc) is 3.31. The van der Waals surface area contributed by atoms with E-state index in [1.807, 2.05) is 37.3 Å². The number of tetrazole rings is 1. The minimum atomic E-state index is -1.04. The molecular weight excluding hydrogens is 380 g/mol. The van der Waals surface area contributed by atoms with Crippen molar-refractivity contribution in [2.75, 3.05) is 5.32 Å². The number of nitrogens with zero attached hydrogens (tertiary/aromatic N) is 5. The van der Waals surface area contributed by atoms with Crippen LogP contribution < -0.4 is 5.32 Å². The molecule has 1 aromatic carbocycles. The van der Waals surface area contributed by atoms with E-state index in [1.54, 1.807) is 11.4 Å². The number of carbonyl (C=O) groups is 2. The molecule has 0 saturated heterocycles. The van der Waals surface area contributed by atoms with Crippen LogP contribution in [0.2, 0.25) is 0 Å². The number of carbonyl (C=O) groups excluding carboxylic acids is 2. The lowest BCUT2D eigenvalue weighted by molar-refractivity contribution is -0.154. The SMILES string of the molecule is Cc1ccc(-c2nnn(CC(=O)O[C@@H](C)C(=O)Nc3sccc3C#N)n2)cc1. The van der Waals surface area contributed by atoms with Crippen molar-refractivity contribution in [2.45, 2.75) is 26.5 Å². The van der Waals surface area contributed by atoms with Gasteiger partial charge in [0.05, 0.1) is 5.56 Å². The van der Waals surface area contributed by atoms with E-state index < -0.39 is 18.0 Å². The summed E-state index contributed by atoms with van der Waals surface area (Å²) in [4.78, 5) is 25.3. The van der Waals surface area contributed by atoms with Gasteiger partial charge in [0.1, 0.15) is 11.1 Å². The first-order valence-electron chi connectivity index (χ1n) is 8.29. The van der Waals surface area contributed by atoms with E-state index in [0.29, 0.717) is 16.4 Å². The van der Waals surface area contributed by atoms with Crippen LogP contribution in [0.4, 0.5) is 5.00 Å². The van der Waals surface area contributed by atoms with Crippen LogP contribution in [-0.2, 0) is 20.9 Å². The lowest BCUT2D eigenvalue weighted by Gasteiger charge is -2.12. The maximum atomic E-state index is 12.1. The van der Waals surface area contributed by atoms with E-state index in [2.05, 4.69) is 20.7 Å². The molecule has 2 heterocycles. The van der Waals surface area contributed by atoms with Crippen LogP contribution in [0.15, 0.2) is 35.7 Å². The zero-order valence-corrected chi connectivity index (χ0v) is 15.9. The van der Waals surface area contributed by atoms with Gasteiger partial charge in [0, 0.05) is 5.56 Å². The van der Waals surface area contributed by atoms with Crippen molar-refractivity contribution in [2.24, 2.45) is 0 Å². The van der Waals surface area contributed by atoms with Crippen molar-refractivity contribution in [3.05, 3.63) is 46.8 Å². The predicted octanol–water partition coefficient (Wildman–Crippen LogP) is 2.15. The molecule has 10 heteroatoms. The molecule has 0 bridgehead atoms. The van der Waals surface area contributed by atoms with Crippen LogP contribution in [0.25, 0.3) is 11.4 Å². The summed E-state index contributed by atoms with van der Waals surface area (Å²) < 4.78 is 5.11. The molecule has 1 atom stereocenters. The van der Waals surface area contributed by atoms with Crippen LogP contribution in [0, 0.1) is 18.3 Å². The van der Waals surface area contributed by atoms with Crippen LogP contribution in [0.1, 0.15) is 18.1 Å². The molecule has 3 rings (SSSR count). The van der Waals surface area contributed by atoms with Crippen LogP contribution in [0.5, 0.6) is 0 Å². The van der Waals surface area contributed by atoms with Crippen LogP contribution >= 0.6 is 11.3 Å². The van der Waals surface area contributed by atoms with E-state index in [9.17, 15) is 9.59 Å². The molecule has 1 amide bonds. The molecule has 2 aromatic heterocycles. The highest BCUT2D eigenvalue weighted by Gasteiger charge is 2.20. The second kappa shape index (κ2) is 8.41. The molecule has 9 nitrogen and oxygen atoms in total. The molecule has 0 radical (unpaired) electrons. The summed E-state index contributed by atoms with van der Waals surface area (Å²) in [5, 5.41) is 25.5. The molecule has 0 spiro atoms. The Bertz CT molecular complexity index is 1030. The minimum Gasteiger partial charge on any atom is -0.451 e. The molecule has 0 saturated carbocycles. The quantitative estimate of drug-likeness (QED) is 0.633. The third-order valence-corrected chi connectivity index (χ3v) is 4.56. The first-order valence-corrected chi connectivity index (χ1v) is 9.17. The summed E-state index contributed by atoms with van der Waals surface area (Å²) in [6.07, 6.45) is -1.04. The van der Waals surface area contributed by atoms with Gasteiger partial charge in [-0.3, -0.25) is 4.79 Å². The largest absolute Gasteiger partial charge is 0.451 e. The molecule has 28 heavy (non-hydrogen) atoms. The van der Waals surface area contributed by atoms with Gasteiger partial charge in [-0.1, -0.05) is 29.8 Å². The molecule has 0 fully saturated rings. The smallest absolute Gasteiger partial charge is 0.330 e. The number of amides is 1. The zero-order valence-electron chi connectivity index (χ0n) is 15.1. The highest BCUT2D eigenvalue weighted by molar-refractivity contribution is 7.14. The number of nitrogens with one attached hydrogen (secondary N) is 1. The molecule has 0 unspecified atom stereocenters. The van der Waals surface area contributed by atoms with Gasteiger partial charge >= 0.3 is 5.97 Å². The summed E-state index contributed by atoms with van der Waals surface area (Å²) in [5.74, 6) is -0.818. The molecular formula is C18H16N6O3S. The molecule has 142 valence electrons. The number of anilines is 1. The fourth-order valence-corrected chi connectivity index (χ4v) is 2.98. The van der Waals surface area contributed by atoms with Crippen molar-refractivity contribution >= 4 is 28.2 Å². The predicted molar refractivity (Wildman–Crippen MR) is 101 cm³/mol. The number of aryl methyl sites for hydroxylation is 1. The molecule has 0 aliphatic carbocycles. The Labute approximate surface area is 164 Å². The van der Waals surface area contributed by atoms with Crippen molar-refractivity contribution in [1.29, 1.82) is 5.26 Å².